The Morgan fingerprint density at radius 3 is 2.53 bits per heavy atom. The summed E-state index contributed by atoms with van der Waals surface area (Å²) in [6.45, 7) is 1.37. The van der Waals surface area contributed by atoms with Crippen molar-refractivity contribution < 1.29 is 22.4 Å². The van der Waals surface area contributed by atoms with Gasteiger partial charge in [-0.05, 0) is 42.7 Å². The van der Waals surface area contributed by atoms with Crippen molar-refractivity contribution in [3.63, 3.8) is 0 Å². The van der Waals surface area contributed by atoms with E-state index in [0.717, 1.165) is 11.1 Å². The molecule has 1 aliphatic heterocycles. The van der Waals surface area contributed by atoms with E-state index in [4.69, 9.17) is 0 Å². The molecule has 0 saturated heterocycles. The monoisotopic (exact) mass is 433 g/mol. The number of nitrogens with one attached hydrogen (secondary N) is 1. The highest BCUT2D eigenvalue weighted by Crippen LogP contribution is 2.27. The number of hydrogen-bond acceptors (Lipinski definition) is 4. The SMILES string of the molecule is CCS(=O)(=O)N1Cc2ccccc2CC1C(=O)N(C)CC(=O)Nc1cccc(F)c1. The van der Waals surface area contributed by atoms with Crippen LogP contribution in [0.3, 0.4) is 0 Å². The Kier molecular flexibility index (Phi) is 6.52. The molecule has 2 aromatic rings. The summed E-state index contributed by atoms with van der Waals surface area (Å²) >= 11 is 0. The zero-order valence-electron chi connectivity index (χ0n) is 16.8. The predicted octanol–water partition coefficient (Wildman–Crippen LogP) is 2.00. The van der Waals surface area contributed by atoms with Crippen LogP contribution in [0.5, 0.6) is 0 Å². The molecule has 0 aliphatic carbocycles. The third-order valence-electron chi connectivity index (χ3n) is 5.08. The molecule has 160 valence electrons. The van der Waals surface area contributed by atoms with Gasteiger partial charge in [-0.15, -0.1) is 0 Å². The van der Waals surface area contributed by atoms with Gasteiger partial charge in [-0.25, -0.2) is 12.8 Å². The highest BCUT2D eigenvalue weighted by atomic mass is 32.2. The van der Waals surface area contributed by atoms with Crippen LogP contribution in [0, 0.1) is 5.82 Å². The van der Waals surface area contributed by atoms with E-state index < -0.39 is 33.7 Å². The van der Waals surface area contributed by atoms with Crippen LogP contribution < -0.4 is 5.32 Å². The smallest absolute Gasteiger partial charge is 0.243 e. The lowest BCUT2D eigenvalue weighted by atomic mass is 9.95. The van der Waals surface area contributed by atoms with Crippen LogP contribution in [-0.2, 0) is 32.6 Å². The highest BCUT2D eigenvalue weighted by Gasteiger charge is 2.39. The van der Waals surface area contributed by atoms with Gasteiger partial charge >= 0.3 is 0 Å². The molecule has 0 bridgehead atoms. The van der Waals surface area contributed by atoms with Gasteiger partial charge < -0.3 is 10.2 Å². The van der Waals surface area contributed by atoms with Crippen molar-refractivity contribution in [2.75, 3.05) is 24.7 Å². The summed E-state index contributed by atoms with van der Waals surface area (Å²) in [5.41, 5.74) is 2.06. The van der Waals surface area contributed by atoms with E-state index in [2.05, 4.69) is 5.32 Å². The molecule has 1 atom stereocenters. The van der Waals surface area contributed by atoms with E-state index in [0.29, 0.717) is 0 Å². The van der Waals surface area contributed by atoms with Crippen LogP contribution in [0.15, 0.2) is 48.5 Å². The van der Waals surface area contributed by atoms with Crippen molar-refractivity contribution >= 4 is 27.5 Å². The van der Waals surface area contributed by atoms with Crippen molar-refractivity contribution in [3.05, 3.63) is 65.5 Å². The van der Waals surface area contributed by atoms with E-state index in [-0.39, 0.29) is 31.0 Å². The van der Waals surface area contributed by atoms with E-state index >= 15 is 0 Å². The molecule has 0 aromatic heterocycles. The van der Waals surface area contributed by atoms with Crippen molar-refractivity contribution in [1.29, 1.82) is 0 Å². The molecular weight excluding hydrogens is 409 g/mol. The Morgan fingerprint density at radius 2 is 1.87 bits per heavy atom. The summed E-state index contributed by atoms with van der Waals surface area (Å²) < 4.78 is 39.8. The van der Waals surface area contributed by atoms with Gasteiger partial charge in [0.15, 0.2) is 0 Å². The number of carbonyl (C=O) groups excluding carboxylic acids is 2. The predicted molar refractivity (Wildman–Crippen MR) is 112 cm³/mol. The van der Waals surface area contributed by atoms with Gasteiger partial charge in [-0.3, -0.25) is 9.59 Å². The Hall–Kier alpha value is -2.78. The summed E-state index contributed by atoms with van der Waals surface area (Å²) in [7, 11) is -2.18. The fourth-order valence-corrected chi connectivity index (χ4v) is 4.70. The van der Waals surface area contributed by atoms with Gasteiger partial charge in [0.2, 0.25) is 21.8 Å². The second-order valence-corrected chi connectivity index (χ2v) is 9.40. The maximum atomic E-state index is 13.3. The maximum absolute atomic E-state index is 13.3. The van der Waals surface area contributed by atoms with Gasteiger partial charge in [0.1, 0.15) is 11.9 Å². The molecule has 0 saturated carbocycles. The summed E-state index contributed by atoms with van der Waals surface area (Å²) in [6.07, 6.45) is 0.240. The van der Waals surface area contributed by atoms with Crippen LogP contribution in [0.4, 0.5) is 10.1 Å². The van der Waals surface area contributed by atoms with Crippen molar-refractivity contribution in [2.24, 2.45) is 0 Å². The minimum absolute atomic E-state index is 0.117. The normalized spacial score (nSPS) is 16.6. The molecule has 30 heavy (non-hydrogen) atoms. The molecule has 0 radical (unpaired) electrons. The molecule has 1 aliphatic rings. The van der Waals surface area contributed by atoms with E-state index in [1.54, 1.807) is 0 Å². The zero-order valence-corrected chi connectivity index (χ0v) is 17.7. The standard InChI is InChI=1S/C21H24FN3O4S/c1-3-30(28,29)25-13-16-8-5-4-7-15(16)11-19(25)21(27)24(2)14-20(26)23-18-10-6-9-17(22)12-18/h4-10,12,19H,3,11,13-14H2,1-2H3,(H,23,26). The molecular formula is C21H24FN3O4S. The average molecular weight is 434 g/mol. The van der Waals surface area contributed by atoms with Crippen LogP contribution in [0.25, 0.3) is 0 Å². The molecule has 7 nitrogen and oxygen atoms in total. The lowest BCUT2D eigenvalue weighted by Crippen LogP contribution is -2.54. The zero-order chi connectivity index (χ0) is 21.9. The number of likely N-dealkylation sites (N-methyl/N-ethyl adjacent to an activating group) is 1. The average Bonchev–Trinajstić information content (AvgIpc) is 2.72. The van der Waals surface area contributed by atoms with Gasteiger partial charge in [0, 0.05) is 19.3 Å². The number of carbonyl (C=O) groups is 2. The van der Waals surface area contributed by atoms with Gasteiger partial charge in [0.25, 0.3) is 0 Å². The fourth-order valence-electron chi connectivity index (χ4n) is 3.48. The second-order valence-electron chi connectivity index (χ2n) is 7.19. The van der Waals surface area contributed by atoms with Crippen LogP contribution in [0.1, 0.15) is 18.1 Å². The molecule has 1 heterocycles. The molecule has 1 N–H and O–H groups in total. The van der Waals surface area contributed by atoms with E-state index in [9.17, 15) is 22.4 Å². The number of benzene rings is 2. The van der Waals surface area contributed by atoms with Crippen molar-refractivity contribution in [3.8, 4) is 0 Å². The number of fused-ring (bicyclic) bond motifs is 1. The van der Waals surface area contributed by atoms with Crippen molar-refractivity contribution in [1.82, 2.24) is 9.21 Å². The number of rotatable bonds is 6. The molecule has 2 amide bonds. The number of sulfonamides is 1. The van der Waals surface area contributed by atoms with Crippen molar-refractivity contribution in [2.45, 2.75) is 25.9 Å². The first kappa shape index (κ1) is 21.9. The molecule has 0 spiro atoms. The lowest BCUT2D eigenvalue weighted by molar-refractivity contribution is -0.137. The summed E-state index contributed by atoms with van der Waals surface area (Å²) in [4.78, 5) is 26.6. The number of nitrogens with zero attached hydrogens (tertiary/aromatic N) is 2. The third kappa shape index (κ3) is 4.85. The Bertz CT molecular complexity index is 1060. The minimum Gasteiger partial charge on any atom is -0.335 e. The topological polar surface area (TPSA) is 86.8 Å². The molecule has 3 rings (SSSR count). The number of halogens is 1. The molecule has 1 unspecified atom stereocenters. The van der Waals surface area contributed by atoms with E-state index in [1.165, 1.54) is 47.4 Å². The fraction of sp³-hybridized carbons (Fsp3) is 0.333. The van der Waals surface area contributed by atoms with Crippen LogP contribution in [0.2, 0.25) is 0 Å². The summed E-state index contributed by atoms with van der Waals surface area (Å²) in [5, 5.41) is 2.54. The van der Waals surface area contributed by atoms with Gasteiger partial charge in [-0.2, -0.15) is 4.31 Å². The second kappa shape index (κ2) is 8.93. The number of hydrogen-bond donors (Lipinski definition) is 1. The first-order valence-corrected chi connectivity index (χ1v) is 11.2. The number of amides is 2. The largest absolute Gasteiger partial charge is 0.335 e. The van der Waals surface area contributed by atoms with E-state index in [1.807, 2.05) is 24.3 Å². The maximum Gasteiger partial charge on any atom is 0.243 e. The summed E-state index contributed by atoms with van der Waals surface area (Å²) in [5.74, 6) is -1.57. The molecule has 2 aromatic carbocycles. The quantitative estimate of drug-likeness (QED) is 0.755. The van der Waals surface area contributed by atoms with Gasteiger partial charge in [-0.1, -0.05) is 30.3 Å². The third-order valence-corrected chi connectivity index (χ3v) is 6.91. The number of anilines is 1. The van der Waals surface area contributed by atoms with Crippen LogP contribution >= 0.6 is 0 Å². The molecule has 0 fully saturated rings. The highest BCUT2D eigenvalue weighted by molar-refractivity contribution is 7.89. The van der Waals surface area contributed by atoms with Gasteiger partial charge in [0.05, 0.1) is 12.3 Å². The molecule has 9 heteroatoms. The lowest BCUT2D eigenvalue weighted by Gasteiger charge is -2.36. The Balaban J connectivity index is 1.76. The Morgan fingerprint density at radius 1 is 1.17 bits per heavy atom. The first-order valence-electron chi connectivity index (χ1n) is 9.58. The Labute approximate surface area is 175 Å². The minimum atomic E-state index is -3.63. The summed E-state index contributed by atoms with van der Waals surface area (Å²) in [6, 6.07) is 11.9. The van der Waals surface area contributed by atoms with Crippen LogP contribution in [-0.4, -0.2) is 54.8 Å². The first-order chi connectivity index (χ1) is 14.2.